The van der Waals surface area contributed by atoms with Gasteiger partial charge in [0, 0.05) is 56.1 Å². The predicted octanol–water partition coefficient (Wildman–Crippen LogP) is 3.02. The highest BCUT2D eigenvalue weighted by Gasteiger charge is 2.29. The molecule has 0 saturated carbocycles. The predicted molar refractivity (Wildman–Crippen MR) is 133 cm³/mol. The molecule has 184 valence electrons. The van der Waals surface area contributed by atoms with Crippen LogP contribution in [0.2, 0.25) is 0 Å². The summed E-state index contributed by atoms with van der Waals surface area (Å²) in [6.45, 7) is 7.68. The number of hydrogen-bond acceptors (Lipinski definition) is 8. The zero-order valence-corrected chi connectivity index (χ0v) is 20.6. The summed E-state index contributed by atoms with van der Waals surface area (Å²) in [4.78, 5) is 23.5. The normalized spacial score (nSPS) is 13.9. The smallest absolute Gasteiger partial charge is 0.407 e. The van der Waals surface area contributed by atoms with E-state index in [1.54, 1.807) is 34.0 Å². The Balaban J connectivity index is 1.32. The molecule has 11 heteroatoms. The van der Waals surface area contributed by atoms with Crippen LogP contribution in [0.25, 0.3) is 28.0 Å². The van der Waals surface area contributed by atoms with E-state index in [2.05, 4.69) is 31.5 Å². The highest BCUT2D eigenvalue weighted by Crippen LogP contribution is 2.30. The Kier molecular flexibility index (Phi) is 5.80. The van der Waals surface area contributed by atoms with Crippen LogP contribution in [0.5, 0.6) is 0 Å². The van der Waals surface area contributed by atoms with Gasteiger partial charge in [0.1, 0.15) is 28.6 Å². The molecule has 5 rings (SSSR count). The van der Waals surface area contributed by atoms with Crippen LogP contribution in [0, 0.1) is 17.2 Å². The molecule has 1 saturated heterocycles. The summed E-state index contributed by atoms with van der Waals surface area (Å²) in [5.74, 6) is 1.18. The van der Waals surface area contributed by atoms with E-state index in [4.69, 9.17) is 9.72 Å². The maximum atomic E-state index is 11.9. The second-order valence-electron chi connectivity index (χ2n) is 9.90. The van der Waals surface area contributed by atoms with E-state index in [1.165, 1.54) is 0 Å². The van der Waals surface area contributed by atoms with Crippen molar-refractivity contribution in [2.24, 2.45) is 13.0 Å². The summed E-state index contributed by atoms with van der Waals surface area (Å²) >= 11 is 0. The number of alkyl carbamates (subject to hydrolysis) is 1. The molecule has 0 aliphatic carbocycles. The average molecular weight is 486 g/mol. The summed E-state index contributed by atoms with van der Waals surface area (Å²) in [6.07, 6.45) is 8.33. The first kappa shape index (κ1) is 23.3. The van der Waals surface area contributed by atoms with Crippen molar-refractivity contribution in [1.29, 1.82) is 5.26 Å². The average Bonchev–Trinajstić information content (AvgIpc) is 3.42. The van der Waals surface area contributed by atoms with Gasteiger partial charge in [-0.15, -0.1) is 0 Å². The summed E-state index contributed by atoms with van der Waals surface area (Å²) in [6, 6.07) is 6.11. The van der Waals surface area contributed by atoms with Gasteiger partial charge in [-0.25, -0.2) is 19.3 Å². The van der Waals surface area contributed by atoms with Crippen molar-refractivity contribution in [3.63, 3.8) is 0 Å². The summed E-state index contributed by atoms with van der Waals surface area (Å²) in [5, 5.41) is 21.0. The van der Waals surface area contributed by atoms with Gasteiger partial charge in [0.25, 0.3) is 0 Å². The molecule has 1 amide bonds. The van der Waals surface area contributed by atoms with Gasteiger partial charge in [0.05, 0.1) is 30.0 Å². The monoisotopic (exact) mass is 485 g/mol. The molecule has 0 bridgehead atoms. The fourth-order valence-corrected chi connectivity index (χ4v) is 4.13. The first-order chi connectivity index (χ1) is 17.2. The fraction of sp³-hybridized carbons (Fsp3) is 0.360. The van der Waals surface area contributed by atoms with Gasteiger partial charge in [-0.1, -0.05) is 0 Å². The zero-order valence-electron chi connectivity index (χ0n) is 20.6. The number of hydrogen-bond donors (Lipinski definition) is 1. The molecule has 1 aliphatic heterocycles. The minimum Gasteiger partial charge on any atom is -0.444 e. The van der Waals surface area contributed by atoms with Crippen LogP contribution < -0.4 is 10.2 Å². The van der Waals surface area contributed by atoms with Crippen LogP contribution in [-0.4, -0.2) is 60.7 Å². The lowest BCUT2D eigenvalue weighted by Gasteiger charge is -2.40. The molecular weight excluding hydrogens is 458 g/mol. The minimum absolute atomic E-state index is 0.335. The molecule has 1 aliphatic rings. The lowest BCUT2D eigenvalue weighted by atomic mass is 10.00. The number of aryl methyl sites for hydroxylation is 1. The molecule has 5 heterocycles. The molecular formula is C25H27N9O2. The van der Waals surface area contributed by atoms with Crippen LogP contribution >= 0.6 is 0 Å². The molecule has 0 spiro atoms. The number of carbonyl (C=O) groups excluding carboxylic acids is 1. The van der Waals surface area contributed by atoms with E-state index in [0.29, 0.717) is 34.9 Å². The van der Waals surface area contributed by atoms with Crippen molar-refractivity contribution < 1.29 is 9.53 Å². The highest BCUT2D eigenvalue weighted by atomic mass is 16.6. The Bertz CT molecular complexity index is 1450. The summed E-state index contributed by atoms with van der Waals surface area (Å²) in [5.41, 5.74) is 3.54. The van der Waals surface area contributed by atoms with Gasteiger partial charge in [0.15, 0.2) is 0 Å². The van der Waals surface area contributed by atoms with Crippen molar-refractivity contribution in [1.82, 2.24) is 34.7 Å². The Hall–Kier alpha value is -4.46. The number of aromatic nitrogens is 6. The van der Waals surface area contributed by atoms with Gasteiger partial charge in [0.2, 0.25) is 0 Å². The molecule has 1 fully saturated rings. The van der Waals surface area contributed by atoms with E-state index in [1.807, 2.05) is 46.1 Å². The van der Waals surface area contributed by atoms with E-state index in [0.717, 1.165) is 30.0 Å². The quantitative estimate of drug-likeness (QED) is 0.457. The third kappa shape index (κ3) is 4.70. The molecule has 11 nitrogen and oxygen atoms in total. The SMILES string of the molecule is Cn1cc(-c2cn3ncc(C#N)c3c(-c3ccc(N4CC(CNC(=O)OC(C)(C)C)C4)nc3)n2)cn1. The van der Waals surface area contributed by atoms with Gasteiger partial charge in [-0.3, -0.25) is 4.68 Å². The number of carbonyl (C=O) groups is 1. The number of amides is 1. The van der Waals surface area contributed by atoms with E-state index in [9.17, 15) is 10.1 Å². The standard InChI is InChI=1S/C25H27N9O2/c1-25(2,3)36-24(35)28-8-16-12-33(13-16)21-6-5-17(9-27-21)22-23-18(7-26)10-30-34(23)15-20(31-22)19-11-29-32(4)14-19/h5-6,9-11,14-16H,8,12-13H2,1-4H3,(H,28,35). The van der Waals surface area contributed by atoms with Gasteiger partial charge >= 0.3 is 6.09 Å². The van der Waals surface area contributed by atoms with Crippen LogP contribution in [0.1, 0.15) is 26.3 Å². The third-order valence-electron chi connectivity index (χ3n) is 5.85. The maximum absolute atomic E-state index is 11.9. The molecule has 0 aromatic carbocycles. The lowest BCUT2D eigenvalue weighted by molar-refractivity contribution is 0.0516. The summed E-state index contributed by atoms with van der Waals surface area (Å²) < 4.78 is 8.68. The Labute approximate surface area is 208 Å². The molecule has 0 atom stereocenters. The Morgan fingerprint density at radius 1 is 1.17 bits per heavy atom. The number of fused-ring (bicyclic) bond motifs is 1. The van der Waals surface area contributed by atoms with Gasteiger partial charge < -0.3 is 15.0 Å². The minimum atomic E-state index is -0.510. The molecule has 4 aromatic heterocycles. The maximum Gasteiger partial charge on any atom is 0.407 e. The Morgan fingerprint density at radius 3 is 2.61 bits per heavy atom. The second kappa shape index (κ2) is 8.96. The largest absolute Gasteiger partial charge is 0.444 e. The zero-order chi connectivity index (χ0) is 25.4. The third-order valence-corrected chi connectivity index (χ3v) is 5.85. The topological polar surface area (TPSA) is 126 Å². The number of nitrogens with one attached hydrogen (secondary N) is 1. The number of nitriles is 1. The molecule has 1 N–H and O–H groups in total. The van der Waals surface area contributed by atoms with Crippen molar-refractivity contribution in [3.05, 3.63) is 48.7 Å². The number of anilines is 1. The van der Waals surface area contributed by atoms with E-state index >= 15 is 0 Å². The number of pyridine rings is 1. The van der Waals surface area contributed by atoms with Crippen LogP contribution in [-0.2, 0) is 11.8 Å². The Morgan fingerprint density at radius 2 is 1.97 bits per heavy atom. The lowest BCUT2D eigenvalue weighted by Crippen LogP contribution is -2.52. The molecule has 0 radical (unpaired) electrons. The van der Waals surface area contributed by atoms with Crippen LogP contribution in [0.15, 0.2) is 43.1 Å². The highest BCUT2D eigenvalue weighted by molar-refractivity contribution is 5.83. The molecule has 0 unspecified atom stereocenters. The van der Waals surface area contributed by atoms with E-state index in [-0.39, 0.29) is 0 Å². The molecule has 4 aromatic rings. The van der Waals surface area contributed by atoms with Crippen molar-refractivity contribution in [2.45, 2.75) is 26.4 Å². The fourth-order valence-electron chi connectivity index (χ4n) is 4.13. The van der Waals surface area contributed by atoms with Crippen molar-refractivity contribution in [3.8, 4) is 28.6 Å². The number of rotatable bonds is 5. The van der Waals surface area contributed by atoms with Crippen molar-refractivity contribution >= 4 is 17.4 Å². The van der Waals surface area contributed by atoms with Gasteiger partial charge in [-0.2, -0.15) is 15.5 Å². The number of ether oxygens (including phenoxy) is 1. The van der Waals surface area contributed by atoms with Crippen molar-refractivity contribution in [2.75, 3.05) is 24.5 Å². The summed E-state index contributed by atoms with van der Waals surface area (Å²) in [7, 11) is 1.85. The van der Waals surface area contributed by atoms with E-state index < -0.39 is 11.7 Å². The van der Waals surface area contributed by atoms with Gasteiger partial charge in [-0.05, 0) is 32.9 Å². The van der Waals surface area contributed by atoms with Crippen LogP contribution in [0.4, 0.5) is 10.6 Å². The first-order valence-electron chi connectivity index (χ1n) is 11.7. The molecule has 36 heavy (non-hydrogen) atoms. The number of nitrogens with zero attached hydrogens (tertiary/aromatic N) is 8. The second-order valence-corrected chi connectivity index (χ2v) is 9.90. The van der Waals surface area contributed by atoms with Crippen LogP contribution in [0.3, 0.4) is 0 Å². The first-order valence-corrected chi connectivity index (χ1v) is 11.7.